The van der Waals surface area contributed by atoms with Crippen molar-refractivity contribution in [3.8, 4) is 0 Å². The Labute approximate surface area is 117 Å². The molecule has 1 aliphatic carbocycles. The summed E-state index contributed by atoms with van der Waals surface area (Å²) in [7, 11) is -3.44. The average molecular weight is 291 g/mol. The van der Waals surface area contributed by atoms with Crippen molar-refractivity contribution in [2.45, 2.75) is 22.1 Å². The summed E-state index contributed by atoms with van der Waals surface area (Å²) in [4.78, 5) is 0.282. The first-order valence-corrected chi connectivity index (χ1v) is 7.86. The third-order valence-electron chi connectivity index (χ3n) is 3.69. The highest BCUT2D eigenvalue weighted by Gasteiger charge is 2.57. The normalized spacial score (nSPS) is 25.4. The van der Waals surface area contributed by atoms with Crippen LogP contribution in [0, 0.1) is 5.82 Å². The topological polar surface area (TPSA) is 60.2 Å². The monoisotopic (exact) mass is 291 g/mol. The molecule has 1 saturated carbocycles. The number of halogens is 1. The van der Waals surface area contributed by atoms with Gasteiger partial charge in [-0.05, 0) is 29.8 Å². The summed E-state index contributed by atoms with van der Waals surface area (Å²) in [5.41, 5.74) is 6.70. The van der Waals surface area contributed by atoms with Gasteiger partial charge in [-0.3, -0.25) is 0 Å². The molecule has 3 rings (SSSR count). The van der Waals surface area contributed by atoms with Crippen LogP contribution >= 0.6 is 0 Å². The lowest BCUT2D eigenvalue weighted by molar-refractivity contribution is 0.593. The molecule has 0 radical (unpaired) electrons. The van der Waals surface area contributed by atoms with E-state index in [0.717, 1.165) is 5.56 Å². The van der Waals surface area contributed by atoms with Gasteiger partial charge in [0.15, 0.2) is 9.84 Å². The number of sulfone groups is 1. The number of nitrogens with two attached hydrogens (primary N) is 1. The summed E-state index contributed by atoms with van der Waals surface area (Å²) in [6, 6.07) is 13.7. The fourth-order valence-electron chi connectivity index (χ4n) is 2.57. The van der Waals surface area contributed by atoms with Crippen LogP contribution in [0.5, 0.6) is 0 Å². The van der Waals surface area contributed by atoms with E-state index < -0.39 is 21.1 Å². The van der Waals surface area contributed by atoms with Crippen LogP contribution in [0.25, 0.3) is 0 Å². The Bertz CT molecular complexity index is 713. The van der Waals surface area contributed by atoms with E-state index in [1.54, 1.807) is 42.5 Å². The first kappa shape index (κ1) is 13.3. The van der Waals surface area contributed by atoms with E-state index in [2.05, 4.69) is 0 Å². The van der Waals surface area contributed by atoms with Crippen molar-refractivity contribution >= 4 is 9.84 Å². The predicted octanol–water partition coefficient (Wildman–Crippen LogP) is 2.09. The summed E-state index contributed by atoms with van der Waals surface area (Å²) in [6.45, 7) is 0. The van der Waals surface area contributed by atoms with E-state index >= 15 is 0 Å². The van der Waals surface area contributed by atoms with Crippen molar-refractivity contribution < 1.29 is 12.8 Å². The van der Waals surface area contributed by atoms with Gasteiger partial charge in [-0.15, -0.1) is 0 Å². The van der Waals surface area contributed by atoms with Gasteiger partial charge in [-0.2, -0.15) is 0 Å². The summed E-state index contributed by atoms with van der Waals surface area (Å²) in [5.74, 6) is -0.605. The van der Waals surface area contributed by atoms with Crippen molar-refractivity contribution in [2.75, 3.05) is 0 Å². The summed E-state index contributed by atoms with van der Waals surface area (Å²) in [6.07, 6.45) is 0. The number of hydrogen-bond acceptors (Lipinski definition) is 3. The maximum absolute atomic E-state index is 12.9. The predicted molar refractivity (Wildman–Crippen MR) is 74.5 cm³/mol. The van der Waals surface area contributed by atoms with Crippen LogP contribution in [-0.2, 0) is 9.84 Å². The maximum Gasteiger partial charge on any atom is 0.183 e. The fraction of sp³-hybridized carbons (Fsp3) is 0.200. The van der Waals surface area contributed by atoms with Gasteiger partial charge in [0.1, 0.15) is 5.82 Å². The molecule has 3 nitrogen and oxygen atoms in total. The summed E-state index contributed by atoms with van der Waals surface area (Å²) < 4.78 is 37.9. The van der Waals surface area contributed by atoms with Gasteiger partial charge < -0.3 is 5.73 Å². The second-order valence-electron chi connectivity index (χ2n) is 4.98. The molecule has 0 aromatic heterocycles. The minimum atomic E-state index is -3.44. The van der Waals surface area contributed by atoms with Gasteiger partial charge in [0.05, 0.1) is 10.1 Å². The van der Waals surface area contributed by atoms with E-state index in [1.807, 2.05) is 0 Å². The van der Waals surface area contributed by atoms with Crippen LogP contribution in [0.4, 0.5) is 4.39 Å². The molecule has 3 atom stereocenters. The lowest BCUT2D eigenvalue weighted by atomic mass is 10.1. The Morgan fingerprint density at radius 1 is 0.950 bits per heavy atom. The third-order valence-corrected chi connectivity index (χ3v) is 5.95. The van der Waals surface area contributed by atoms with Crippen LogP contribution in [0.1, 0.15) is 11.5 Å². The zero-order chi connectivity index (χ0) is 14.3. The molecule has 2 N–H and O–H groups in total. The molecule has 0 bridgehead atoms. The zero-order valence-corrected chi connectivity index (χ0v) is 11.4. The van der Waals surface area contributed by atoms with Gasteiger partial charge in [0.2, 0.25) is 0 Å². The smallest absolute Gasteiger partial charge is 0.183 e. The Hall–Kier alpha value is -1.72. The van der Waals surface area contributed by atoms with Crippen LogP contribution in [0.2, 0.25) is 0 Å². The number of benzene rings is 2. The molecule has 104 valence electrons. The third kappa shape index (κ3) is 2.13. The van der Waals surface area contributed by atoms with Crippen molar-refractivity contribution in [1.29, 1.82) is 0 Å². The van der Waals surface area contributed by atoms with Crippen molar-refractivity contribution in [3.05, 3.63) is 66.0 Å². The quantitative estimate of drug-likeness (QED) is 0.942. The first-order valence-electron chi connectivity index (χ1n) is 6.32. The van der Waals surface area contributed by atoms with Crippen LogP contribution < -0.4 is 5.73 Å². The highest BCUT2D eigenvalue weighted by Crippen LogP contribution is 2.46. The van der Waals surface area contributed by atoms with Crippen LogP contribution in [0.3, 0.4) is 0 Å². The second-order valence-corrected chi connectivity index (χ2v) is 7.08. The van der Waals surface area contributed by atoms with Gasteiger partial charge in [-0.25, -0.2) is 12.8 Å². The molecule has 2 aromatic rings. The van der Waals surface area contributed by atoms with Gasteiger partial charge in [0.25, 0.3) is 0 Å². The molecule has 2 aromatic carbocycles. The Balaban J connectivity index is 1.91. The Morgan fingerprint density at radius 3 is 2.15 bits per heavy atom. The van der Waals surface area contributed by atoms with Gasteiger partial charge >= 0.3 is 0 Å². The second kappa shape index (κ2) is 4.68. The standard InChI is InChI=1S/C15H14FNO2S/c16-11-8-6-10(7-9-11)13-14(17)15(13)20(18,19)12-4-2-1-3-5-12/h1-9,13-15H,17H2/t13-,14-,15+/m1/s1. The van der Waals surface area contributed by atoms with Crippen molar-refractivity contribution in [2.24, 2.45) is 5.73 Å². The van der Waals surface area contributed by atoms with E-state index in [-0.39, 0.29) is 16.6 Å². The van der Waals surface area contributed by atoms with Crippen molar-refractivity contribution in [1.82, 2.24) is 0 Å². The molecule has 20 heavy (non-hydrogen) atoms. The summed E-state index contributed by atoms with van der Waals surface area (Å²) >= 11 is 0. The Kier molecular flexibility index (Phi) is 3.11. The highest BCUT2D eigenvalue weighted by molar-refractivity contribution is 7.92. The molecule has 0 spiro atoms. The molecule has 0 heterocycles. The van der Waals surface area contributed by atoms with E-state index in [4.69, 9.17) is 5.73 Å². The fourth-order valence-corrected chi connectivity index (χ4v) is 4.64. The molecule has 1 fully saturated rings. The molecule has 5 heteroatoms. The van der Waals surface area contributed by atoms with Gasteiger partial charge in [0, 0.05) is 12.0 Å². The minimum Gasteiger partial charge on any atom is -0.326 e. The zero-order valence-electron chi connectivity index (χ0n) is 10.6. The molecule has 1 aliphatic rings. The lowest BCUT2D eigenvalue weighted by Crippen LogP contribution is -2.15. The van der Waals surface area contributed by atoms with E-state index in [9.17, 15) is 12.8 Å². The SMILES string of the molecule is N[C@@H]1[C@@H](c2ccc(F)cc2)[C@@H]1S(=O)(=O)c1ccccc1. The van der Waals surface area contributed by atoms with Gasteiger partial charge in [-0.1, -0.05) is 30.3 Å². The molecule has 0 aliphatic heterocycles. The molecular formula is C15H14FNO2S. The van der Waals surface area contributed by atoms with Crippen LogP contribution in [-0.4, -0.2) is 19.7 Å². The largest absolute Gasteiger partial charge is 0.326 e. The van der Waals surface area contributed by atoms with E-state index in [0.29, 0.717) is 0 Å². The van der Waals surface area contributed by atoms with E-state index in [1.165, 1.54) is 12.1 Å². The maximum atomic E-state index is 12.9. The molecule has 0 saturated heterocycles. The number of hydrogen-bond donors (Lipinski definition) is 1. The molecule has 0 amide bonds. The minimum absolute atomic E-state index is 0.263. The average Bonchev–Trinajstić information content (AvgIpc) is 3.13. The van der Waals surface area contributed by atoms with Crippen molar-refractivity contribution in [3.63, 3.8) is 0 Å². The van der Waals surface area contributed by atoms with Crippen LogP contribution in [0.15, 0.2) is 59.5 Å². The Morgan fingerprint density at radius 2 is 1.55 bits per heavy atom. The molecular weight excluding hydrogens is 277 g/mol. The number of rotatable bonds is 3. The first-order chi connectivity index (χ1) is 9.51. The molecule has 0 unspecified atom stereocenters. The highest BCUT2D eigenvalue weighted by atomic mass is 32.2. The lowest BCUT2D eigenvalue weighted by Gasteiger charge is -2.03. The summed E-state index contributed by atoms with van der Waals surface area (Å²) in [5, 5.41) is -0.629.